The van der Waals surface area contributed by atoms with Crippen molar-refractivity contribution in [2.24, 2.45) is 5.92 Å². The SMILES string of the molecule is CN(C)CCn1ncc(Cl)c1C(=O)CC1CCSCC1. The number of aromatic nitrogens is 2. The number of rotatable bonds is 6. The molecule has 1 aliphatic heterocycles. The van der Waals surface area contributed by atoms with Crippen molar-refractivity contribution in [3.63, 3.8) is 0 Å². The third-order valence-corrected chi connectivity index (χ3v) is 4.96. The van der Waals surface area contributed by atoms with Gasteiger partial charge in [0, 0.05) is 13.0 Å². The van der Waals surface area contributed by atoms with E-state index in [1.54, 1.807) is 10.9 Å². The first-order valence-electron chi connectivity index (χ1n) is 7.05. The Labute approximate surface area is 129 Å². The van der Waals surface area contributed by atoms with E-state index in [1.165, 1.54) is 11.5 Å². The molecule has 0 bridgehead atoms. The van der Waals surface area contributed by atoms with E-state index in [-0.39, 0.29) is 5.78 Å². The Morgan fingerprint density at radius 3 is 2.85 bits per heavy atom. The predicted octanol–water partition coefficient (Wildman–Crippen LogP) is 2.81. The second-order valence-corrected chi connectivity index (χ2v) is 7.18. The largest absolute Gasteiger partial charge is 0.308 e. The normalized spacial score (nSPS) is 16.8. The molecule has 0 radical (unpaired) electrons. The van der Waals surface area contributed by atoms with Crippen LogP contribution in [0.15, 0.2) is 6.20 Å². The summed E-state index contributed by atoms with van der Waals surface area (Å²) in [5, 5.41) is 4.72. The molecule has 1 aliphatic rings. The third-order valence-electron chi connectivity index (χ3n) is 3.63. The molecule has 112 valence electrons. The molecule has 0 aromatic carbocycles. The molecule has 0 spiro atoms. The Hall–Kier alpha value is -0.520. The van der Waals surface area contributed by atoms with Gasteiger partial charge >= 0.3 is 0 Å². The van der Waals surface area contributed by atoms with Gasteiger partial charge in [0.05, 0.1) is 17.8 Å². The van der Waals surface area contributed by atoms with E-state index < -0.39 is 0 Å². The van der Waals surface area contributed by atoms with Gasteiger partial charge in [-0.2, -0.15) is 16.9 Å². The minimum atomic E-state index is 0.142. The summed E-state index contributed by atoms with van der Waals surface area (Å²) in [7, 11) is 4.01. The second kappa shape index (κ2) is 7.48. The summed E-state index contributed by atoms with van der Waals surface area (Å²) in [6.07, 6.45) is 4.47. The van der Waals surface area contributed by atoms with Crippen molar-refractivity contribution in [2.75, 3.05) is 32.1 Å². The second-order valence-electron chi connectivity index (χ2n) is 5.55. The molecule has 0 aliphatic carbocycles. The molecular weight excluding hydrogens is 294 g/mol. The van der Waals surface area contributed by atoms with Crippen LogP contribution < -0.4 is 0 Å². The fourth-order valence-electron chi connectivity index (χ4n) is 2.41. The van der Waals surface area contributed by atoms with E-state index in [0.717, 1.165) is 19.4 Å². The van der Waals surface area contributed by atoms with Crippen LogP contribution in [0.1, 0.15) is 29.8 Å². The van der Waals surface area contributed by atoms with Gasteiger partial charge in [-0.3, -0.25) is 9.48 Å². The quantitative estimate of drug-likeness (QED) is 0.757. The predicted molar refractivity (Wildman–Crippen MR) is 84.8 cm³/mol. The molecule has 1 aromatic rings. The lowest BCUT2D eigenvalue weighted by Gasteiger charge is -2.20. The molecule has 0 amide bonds. The van der Waals surface area contributed by atoms with Crippen LogP contribution >= 0.6 is 23.4 Å². The van der Waals surface area contributed by atoms with E-state index in [4.69, 9.17) is 11.6 Å². The van der Waals surface area contributed by atoms with Gasteiger partial charge in [-0.1, -0.05) is 11.6 Å². The van der Waals surface area contributed by atoms with Crippen LogP contribution in [-0.4, -0.2) is 52.6 Å². The summed E-state index contributed by atoms with van der Waals surface area (Å²) in [5.41, 5.74) is 0.590. The molecule has 2 rings (SSSR count). The number of carbonyl (C=O) groups excluding carboxylic acids is 1. The highest BCUT2D eigenvalue weighted by atomic mass is 35.5. The van der Waals surface area contributed by atoms with Gasteiger partial charge in [-0.15, -0.1) is 0 Å². The van der Waals surface area contributed by atoms with Gasteiger partial charge in [0.25, 0.3) is 0 Å². The molecule has 0 saturated carbocycles. The number of hydrogen-bond donors (Lipinski definition) is 0. The van der Waals surface area contributed by atoms with Crippen molar-refractivity contribution in [1.29, 1.82) is 0 Å². The molecule has 0 atom stereocenters. The van der Waals surface area contributed by atoms with Crippen molar-refractivity contribution >= 4 is 29.1 Å². The maximum absolute atomic E-state index is 12.5. The minimum Gasteiger partial charge on any atom is -0.308 e. The average Bonchev–Trinajstić information content (AvgIpc) is 2.78. The Morgan fingerprint density at radius 1 is 1.50 bits per heavy atom. The summed E-state index contributed by atoms with van der Waals surface area (Å²) < 4.78 is 1.75. The molecule has 6 heteroatoms. The summed E-state index contributed by atoms with van der Waals surface area (Å²) in [6.45, 7) is 1.54. The topological polar surface area (TPSA) is 38.1 Å². The Kier molecular flexibility index (Phi) is 5.93. The molecule has 0 unspecified atom stereocenters. The number of carbonyl (C=O) groups is 1. The minimum absolute atomic E-state index is 0.142. The first-order valence-corrected chi connectivity index (χ1v) is 8.58. The highest BCUT2D eigenvalue weighted by Crippen LogP contribution is 2.28. The fraction of sp³-hybridized carbons (Fsp3) is 0.714. The van der Waals surface area contributed by atoms with Crippen molar-refractivity contribution in [3.8, 4) is 0 Å². The van der Waals surface area contributed by atoms with Gasteiger partial charge in [0.1, 0.15) is 5.69 Å². The number of ketones is 1. The number of nitrogens with zero attached hydrogens (tertiary/aromatic N) is 3. The van der Waals surface area contributed by atoms with Gasteiger partial charge in [-0.25, -0.2) is 0 Å². The van der Waals surface area contributed by atoms with Gasteiger partial charge in [0.15, 0.2) is 5.78 Å². The highest BCUT2D eigenvalue weighted by molar-refractivity contribution is 7.99. The third kappa shape index (κ3) is 4.24. The molecule has 1 saturated heterocycles. The van der Waals surface area contributed by atoms with Crippen LogP contribution in [0.5, 0.6) is 0 Å². The summed E-state index contributed by atoms with van der Waals surface area (Å²) in [6, 6.07) is 0. The van der Waals surface area contributed by atoms with Crippen LogP contribution in [-0.2, 0) is 6.54 Å². The van der Waals surface area contributed by atoms with Gasteiger partial charge in [0.2, 0.25) is 0 Å². The number of Topliss-reactive ketones (excluding diaryl/α,β-unsaturated/α-hetero) is 1. The Balaban J connectivity index is 2.02. The molecule has 1 aromatic heterocycles. The van der Waals surface area contributed by atoms with Gasteiger partial charge < -0.3 is 4.90 Å². The van der Waals surface area contributed by atoms with Crippen LogP contribution in [0.25, 0.3) is 0 Å². The van der Waals surface area contributed by atoms with Gasteiger partial charge in [-0.05, 0) is 44.4 Å². The van der Waals surface area contributed by atoms with E-state index in [1.807, 2.05) is 25.9 Å². The fourth-order valence-corrected chi connectivity index (χ4v) is 3.86. The molecule has 1 fully saturated rings. The number of thioether (sulfide) groups is 1. The van der Waals surface area contributed by atoms with Crippen LogP contribution in [0.2, 0.25) is 5.02 Å². The van der Waals surface area contributed by atoms with Crippen molar-refractivity contribution in [1.82, 2.24) is 14.7 Å². The zero-order chi connectivity index (χ0) is 14.5. The summed E-state index contributed by atoms with van der Waals surface area (Å²) in [5.74, 6) is 3.00. The van der Waals surface area contributed by atoms with Crippen LogP contribution in [0.3, 0.4) is 0 Å². The zero-order valence-electron chi connectivity index (χ0n) is 12.1. The summed E-state index contributed by atoms with van der Waals surface area (Å²) in [4.78, 5) is 14.6. The van der Waals surface area contributed by atoms with Crippen LogP contribution in [0.4, 0.5) is 0 Å². The van der Waals surface area contributed by atoms with Crippen molar-refractivity contribution in [3.05, 3.63) is 16.9 Å². The lowest BCUT2D eigenvalue weighted by Crippen LogP contribution is -2.22. The summed E-state index contributed by atoms with van der Waals surface area (Å²) >= 11 is 8.13. The lowest BCUT2D eigenvalue weighted by atomic mass is 9.95. The Morgan fingerprint density at radius 2 is 2.20 bits per heavy atom. The molecule has 20 heavy (non-hydrogen) atoms. The molecule has 0 N–H and O–H groups in total. The molecular formula is C14H22ClN3OS. The van der Waals surface area contributed by atoms with E-state index in [2.05, 4.69) is 10.00 Å². The Bertz CT molecular complexity index is 455. The van der Waals surface area contributed by atoms with Crippen molar-refractivity contribution in [2.45, 2.75) is 25.8 Å². The first-order chi connectivity index (χ1) is 9.58. The molecule has 4 nitrogen and oxygen atoms in total. The smallest absolute Gasteiger partial charge is 0.182 e. The standard InChI is InChI=1S/C14H22ClN3OS/c1-17(2)5-6-18-14(12(15)10-16-18)13(19)9-11-3-7-20-8-4-11/h10-11H,3-9H2,1-2H3. The number of hydrogen-bond acceptors (Lipinski definition) is 4. The lowest BCUT2D eigenvalue weighted by molar-refractivity contribution is 0.0947. The van der Waals surface area contributed by atoms with Crippen LogP contribution in [0, 0.1) is 5.92 Å². The zero-order valence-corrected chi connectivity index (χ0v) is 13.7. The van der Waals surface area contributed by atoms with E-state index >= 15 is 0 Å². The monoisotopic (exact) mass is 315 g/mol. The maximum atomic E-state index is 12.5. The number of likely N-dealkylation sites (N-methyl/N-ethyl adjacent to an activating group) is 1. The first kappa shape index (κ1) is 15.9. The van der Waals surface area contributed by atoms with E-state index in [0.29, 0.717) is 29.6 Å². The van der Waals surface area contributed by atoms with E-state index in [9.17, 15) is 4.79 Å². The maximum Gasteiger partial charge on any atom is 0.182 e. The molecule has 2 heterocycles. The average molecular weight is 316 g/mol. The van der Waals surface area contributed by atoms with Crippen molar-refractivity contribution < 1.29 is 4.79 Å². The highest BCUT2D eigenvalue weighted by Gasteiger charge is 2.23. The number of halogens is 1.